The Bertz CT molecular complexity index is 413. The summed E-state index contributed by atoms with van der Waals surface area (Å²) < 4.78 is 18.1. The van der Waals surface area contributed by atoms with Gasteiger partial charge < -0.3 is 4.74 Å². The smallest absolute Gasteiger partial charge is 0.123 e. The van der Waals surface area contributed by atoms with E-state index < -0.39 is 0 Å². The molecule has 76 valence electrons. The second kappa shape index (κ2) is 4.55. The summed E-state index contributed by atoms with van der Waals surface area (Å²) in [5, 5.41) is 0. The highest BCUT2D eigenvalue weighted by molar-refractivity contribution is 5.19. The fraction of sp³-hybridized carbons (Fsp3) is 0.0833. The van der Waals surface area contributed by atoms with Crippen molar-refractivity contribution in [2.24, 2.45) is 0 Å². The monoisotopic (exact) mass is 203 g/mol. The Kier molecular flexibility index (Phi) is 2.93. The van der Waals surface area contributed by atoms with Gasteiger partial charge in [0.25, 0.3) is 0 Å². The zero-order chi connectivity index (χ0) is 10.5. The first-order chi connectivity index (χ1) is 7.34. The zero-order valence-corrected chi connectivity index (χ0v) is 8.06. The molecule has 0 aliphatic rings. The van der Waals surface area contributed by atoms with Crippen LogP contribution in [0.1, 0.15) is 5.56 Å². The highest BCUT2D eigenvalue weighted by Gasteiger charge is 1.95. The standard InChI is InChI=1S/C12H10FNO/c13-11-3-1-10(2-4-11)9-15-12-5-7-14-8-6-12/h1-8H,9H2. The van der Waals surface area contributed by atoms with Crippen LogP contribution in [-0.2, 0) is 6.61 Å². The van der Waals surface area contributed by atoms with Crippen LogP contribution in [0.5, 0.6) is 5.75 Å². The Morgan fingerprint density at radius 3 is 2.33 bits per heavy atom. The van der Waals surface area contributed by atoms with Gasteiger partial charge in [0.15, 0.2) is 0 Å². The summed E-state index contributed by atoms with van der Waals surface area (Å²) in [5.41, 5.74) is 0.938. The molecular formula is C12H10FNO. The Morgan fingerprint density at radius 2 is 1.67 bits per heavy atom. The highest BCUT2D eigenvalue weighted by Crippen LogP contribution is 2.10. The van der Waals surface area contributed by atoms with E-state index in [0.29, 0.717) is 6.61 Å². The lowest BCUT2D eigenvalue weighted by Gasteiger charge is -2.05. The molecule has 0 bridgehead atoms. The molecule has 0 fully saturated rings. The van der Waals surface area contributed by atoms with Gasteiger partial charge in [-0.3, -0.25) is 4.98 Å². The summed E-state index contributed by atoms with van der Waals surface area (Å²) >= 11 is 0. The number of hydrogen-bond acceptors (Lipinski definition) is 2. The maximum atomic E-state index is 12.6. The van der Waals surface area contributed by atoms with E-state index in [9.17, 15) is 4.39 Å². The molecule has 0 atom stereocenters. The molecule has 0 amide bonds. The summed E-state index contributed by atoms with van der Waals surface area (Å²) in [6, 6.07) is 9.82. The van der Waals surface area contributed by atoms with E-state index in [0.717, 1.165) is 11.3 Å². The molecule has 0 saturated carbocycles. The van der Waals surface area contributed by atoms with Crippen molar-refractivity contribution in [3.63, 3.8) is 0 Å². The maximum absolute atomic E-state index is 12.6. The lowest BCUT2D eigenvalue weighted by Crippen LogP contribution is -1.95. The minimum absolute atomic E-state index is 0.234. The second-order valence-corrected chi connectivity index (χ2v) is 3.10. The van der Waals surface area contributed by atoms with E-state index in [-0.39, 0.29) is 5.82 Å². The number of rotatable bonds is 3. The SMILES string of the molecule is Fc1ccc(COc2ccncc2)cc1. The fourth-order valence-electron chi connectivity index (χ4n) is 1.18. The van der Waals surface area contributed by atoms with E-state index >= 15 is 0 Å². The van der Waals surface area contributed by atoms with Crippen LogP contribution in [0, 0.1) is 5.82 Å². The second-order valence-electron chi connectivity index (χ2n) is 3.10. The summed E-state index contributed by atoms with van der Waals surface area (Å²) in [4.78, 5) is 3.88. The van der Waals surface area contributed by atoms with Gasteiger partial charge in [0.05, 0.1) is 0 Å². The predicted octanol–water partition coefficient (Wildman–Crippen LogP) is 2.80. The van der Waals surface area contributed by atoms with Crippen LogP contribution >= 0.6 is 0 Å². The largest absolute Gasteiger partial charge is 0.489 e. The number of nitrogens with zero attached hydrogens (tertiary/aromatic N) is 1. The maximum Gasteiger partial charge on any atom is 0.123 e. The molecule has 1 aromatic carbocycles. The predicted molar refractivity (Wildman–Crippen MR) is 55.0 cm³/mol. The van der Waals surface area contributed by atoms with Crippen molar-refractivity contribution in [2.75, 3.05) is 0 Å². The van der Waals surface area contributed by atoms with Crippen LogP contribution in [0.25, 0.3) is 0 Å². The summed E-state index contributed by atoms with van der Waals surface area (Å²) in [5.74, 6) is 0.525. The third-order valence-corrected chi connectivity index (χ3v) is 1.97. The van der Waals surface area contributed by atoms with Crippen molar-refractivity contribution in [1.29, 1.82) is 0 Å². The highest BCUT2D eigenvalue weighted by atomic mass is 19.1. The normalized spacial score (nSPS) is 9.93. The van der Waals surface area contributed by atoms with Crippen molar-refractivity contribution >= 4 is 0 Å². The molecule has 0 saturated heterocycles. The van der Waals surface area contributed by atoms with Gasteiger partial charge in [-0.1, -0.05) is 12.1 Å². The molecule has 15 heavy (non-hydrogen) atoms. The lowest BCUT2D eigenvalue weighted by atomic mass is 10.2. The van der Waals surface area contributed by atoms with Gasteiger partial charge >= 0.3 is 0 Å². The fourth-order valence-corrected chi connectivity index (χ4v) is 1.18. The van der Waals surface area contributed by atoms with E-state index in [2.05, 4.69) is 4.98 Å². The average Bonchev–Trinajstić information content (AvgIpc) is 2.30. The van der Waals surface area contributed by atoms with Crippen molar-refractivity contribution in [1.82, 2.24) is 4.98 Å². The van der Waals surface area contributed by atoms with Crippen LogP contribution in [0.2, 0.25) is 0 Å². The van der Waals surface area contributed by atoms with Gasteiger partial charge in [-0.05, 0) is 29.8 Å². The van der Waals surface area contributed by atoms with Crippen LogP contribution in [0.3, 0.4) is 0 Å². The van der Waals surface area contributed by atoms with Crippen LogP contribution in [0.15, 0.2) is 48.8 Å². The summed E-state index contributed by atoms with van der Waals surface area (Å²) in [7, 11) is 0. The first-order valence-corrected chi connectivity index (χ1v) is 4.62. The Hall–Kier alpha value is -1.90. The molecule has 1 heterocycles. The zero-order valence-electron chi connectivity index (χ0n) is 8.06. The topological polar surface area (TPSA) is 22.1 Å². The van der Waals surface area contributed by atoms with Crippen LogP contribution in [0.4, 0.5) is 4.39 Å². The molecule has 0 radical (unpaired) electrons. The number of pyridine rings is 1. The lowest BCUT2D eigenvalue weighted by molar-refractivity contribution is 0.305. The Morgan fingerprint density at radius 1 is 1.00 bits per heavy atom. The molecule has 0 aliphatic carbocycles. The van der Waals surface area contributed by atoms with Gasteiger partial charge in [0.1, 0.15) is 18.2 Å². The van der Waals surface area contributed by atoms with Crippen molar-refractivity contribution in [2.45, 2.75) is 6.61 Å². The van der Waals surface area contributed by atoms with E-state index in [1.54, 1.807) is 36.7 Å². The third kappa shape index (κ3) is 2.77. The molecule has 2 nitrogen and oxygen atoms in total. The molecular weight excluding hydrogens is 193 g/mol. The van der Waals surface area contributed by atoms with Crippen molar-refractivity contribution < 1.29 is 9.13 Å². The first-order valence-electron chi connectivity index (χ1n) is 4.62. The molecule has 2 rings (SSSR count). The van der Waals surface area contributed by atoms with Gasteiger partial charge in [0.2, 0.25) is 0 Å². The number of halogens is 1. The number of aromatic nitrogens is 1. The molecule has 3 heteroatoms. The summed E-state index contributed by atoms with van der Waals surface area (Å²) in [6.45, 7) is 0.435. The van der Waals surface area contributed by atoms with Crippen molar-refractivity contribution in [3.05, 3.63) is 60.2 Å². The molecule has 1 aromatic heterocycles. The van der Waals surface area contributed by atoms with Crippen molar-refractivity contribution in [3.8, 4) is 5.75 Å². The van der Waals surface area contributed by atoms with Gasteiger partial charge in [-0.2, -0.15) is 0 Å². The first kappa shape index (κ1) is 9.65. The van der Waals surface area contributed by atoms with E-state index in [1.807, 2.05) is 0 Å². The van der Waals surface area contributed by atoms with E-state index in [1.165, 1.54) is 12.1 Å². The minimum atomic E-state index is -0.234. The third-order valence-electron chi connectivity index (χ3n) is 1.97. The number of hydrogen-bond donors (Lipinski definition) is 0. The summed E-state index contributed by atoms with van der Waals surface area (Å²) in [6.07, 6.45) is 3.33. The van der Waals surface area contributed by atoms with Gasteiger partial charge in [0, 0.05) is 12.4 Å². The Labute approximate surface area is 87.4 Å². The average molecular weight is 203 g/mol. The quantitative estimate of drug-likeness (QED) is 0.765. The van der Waals surface area contributed by atoms with Gasteiger partial charge in [-0.25, -0.2) is 4.39 Å². The molecule has 0 unspecified atom stereocenters. The van der Waals surface area contributed by atoms with Gasteiger partial charge in [-0.15, -0.1) is 0 Å². The molecule has 0 aliphatic heterocycles. The molecule has 2 aromatic rings. The number of ether oxygens (including phenoxy) is 1. The number of benzene rings is 1. The van der Waals surface area contributed by atoms with Crippen LogP contribution < -0.4 is 4.74 Å². The minimum Gasteiger partial charge on any atom is -0.489 e. The molecule has 0 N–H and O–H groups in total. The van der Waals surface area contributed by atoms with Crippen LogP contribution in [-0.4, -0.2) is 4.98 Å². The Balaban J connectivity index is 1.96. The van der Waals surface area contributed by atoms with E-state index in [4.69, 9.17) is 4.74 Å². The molecule has 0 spiro atoms.